The minimum Gasteiger partial charge on any atom is -0.497 e. The average molecular weight is 290 g/mol. The highest BCUT2D eigenvalue weighted by Gasteiger charge is 2.12. The fourth-order valence-electron chi connectivity index (χ4n) is 2.18. The van der Waals surface area contributed by atoms with Crippen molar-refractivity contribution in [2.75, 3.05) is 7.11 Å². The topological polar surface area (TPSA) is 48.1 Å². The summed E-state index contributed by atoms with van der Waals surface area (Å²) in [4.78, 5) is 5.99. The van der Waals surface area contributed by atoms with Gasteiger partial charge in [-0.15, -0.1) is 11.3 Å². The van der Waals surface area contributed by atoms with Crippen LogP contribution in [0.2, 0.25) is 0 Å². The van der Waals surface area contributed by atoms with Crippen molar-refractivity contribution in [3.63, 3.8) is 0 Å². The molecule has 0 aliphatic heterocycles. The van der Waals surface area contributed by atoms with Crippen LogP contribution in [-0.2, 0) is 19.4 Å². The lowest BCUT2D eigenvalue weighted by molar-refractivity contribution is 0.414. The van der Waals surface area contributed by atoms with Crippen LogP contribution in [0.3, 0.4) is 0 Å². The molecule has 0 amide bonds. The highest BCUT2D eigenvalue weighted by molar-refractivity contribution is 7.11. The first-order valence-corrected chi connectivity index (χ1v) is 7.74. The van der Waals surface area contributed by atoms with Gasteiger partial charge in [-0.2, -0.15) is 0 Å². The van der Waals surface area contributed by atoms with Gasteiger partial charge in [0.15, 0.2) is 0 Å². The molecular formula is C16H22N2OS. The number of thiazole rings is 1. The highest BCUT2D eigenvalue weighted by atomic mass is 32.1. The largest absolute Gasteiger partial charge is 0.497 e. The van der Waals surface area contributed by atoms with E-state index in [-0.39, 0.29) is 0 Å². The zero-order valence-electron chi connectivity index (χ0n) is 12.3. The van der Waals surface area contributed by atoms with Gasteiger partial charge < -0.3 is 10.5 Å². The number of rotatable bonds is 6. The predicted molar refractivity (Wildman–Crippen MR) is 84.3 cm³/mol. The number of aromatic nitrogens is 1. The van der Waals surface area contributed by atoms with Crippen LogP contribution in [0.5, 0.6) is 5.75 Å². The van der Waals surface area contributed by atoms with Gasteiger partial charge in [0.25, 0.3) is 0 Å². The molecule has 2 N–H and O–H groups in total. The van der Waals surface area contributed by atoms with E-state index in [9.17, 15) is 0 Å². The van der Waals surface area contributed by atoms with Gasteiger partial charge in [0, 0.05) is 17.8 Å². The second-order valence-corrected chi connectivity index (χ2v) is 6.48. The van der Waals surface area contributed by atoms with E-state index >= 15 is 0 Å². The van der Waals surface area contributed by atoms with Crippen molar-refractivity contribution in [2.24, 2.45) is 11.7 Å². The Balaban J connectivity index is 2.18. The Morgan fingerprint density at radius 1 is 1.35 bits per heavy atom. The zero-order chi connectivity index (χ0) is 14.5. The monoisotopic (exact) mass is 290 g/mol. The molecule has 0 atom stereocenters. The number of ether oxygens (including phenoxy) is 1. The maximum Gasteiger partial charge on any atom is 0.119 e. The van der Waals surface area contributed by atoms with Crippen molar-refractivity contribution >= 4 is 11.3 Å². The van der Waals surface area contributed by atoms with Crippen LogP contribution in [0, 0.1) is 5.92 Å². The average Bonchev–Trinajstić information content (AvgIpc) is 2.80. The van der Waals surface area contributed by atoms with Gasteiger partial charge in [-0.25, -0.2) is 4.98 Å². The van der Waals surface area contributed by atoms with Crippen LogP contribution in [0.1, 0.15) is 35.0 Å². The summed E-state index contributed by atoms with van der Waals surface area (Å²) in [5, 5.41) is 1.13. The molecule has 0 saturated heterocycles. The first-order valence-electron chi connectivity index (χ1n) is 6.92. The quantitative estimate of drug-likeness (QED) is 0.887. The number of nitrogens with zero attached hydrogens (tertiary/aromatic N) is 1. The van der Waals surface area contributed by atoms with E-state index in [1.165, 1.54) is 16.1 Å². The first kappa shape index (κ1) is 15.0. The SMILES string of the molecule is COc1cccc(Cc2nc(CC(C)C)c(CN)s2)c1. The summed E-state index contributed by atoms with van der Waals surface area (Å²) in [6.07, 6.45) is 1.84. The number of benzene rings is 1. The van der Waals surface area contributed by atoms with Crippen molar-refractivity contribution in [2.45, 2.75) is 33.2 Å². The van der Waals surface area contributed by atoms with Crippen molar-refractivity contribution in [1.29, 1.82) is 0 Å². The number of nitrogens with two attached hydrogens (primary N) is 1. The summed E-state index contributed by atoms with van der Waals surface area (Å²) in [6.45, 7) is 5.00. The third kappa shape index (κ3) is 3.81. The lowest BCUT2D eigenvalue weighted by Crippen LogP contribution is -2.02. The molecular weight excluding hydrogens is 268 g/mol. The molecule has 3 nitrogen and oxygen atoms in total. The maximum absolute atomic E-state index is 5.83. The van der Waals surface area contributed by atoms with Crippen LogP contribution >= 0.6 is 11.3 Å². The van der Waals surface area contributed by atoms with Crippen molar-refractivity contribution in [1.82, 2.24) is 4.98 Å². The van der Waals surface area contributed by atoms with Gasteiger partial charge in [-0.05, 0) is 30.0 Å². The van der Waals surface area contributed by atoms with Gasteiger partial charge in [-0.1, -0.05) is 26.0 Å². The zero-order valence-corrected chi connectivity index (χ0v) is 13.2. The van der Waals surface area contributed by atoms with Crippen LogP contribution in [-0.4, -0.2) is 12.1 Å². The Bertz CT molecular complexity index is 563. The maximum atomic E-state index is 5.83. The smallest absolute Gasteiger partial charge is 0.119 e. The van der Waals surface area contributed by atoms with Crippen LogP contribution in [0.4, 0.5) is 0 Å². The standard InChI is InChI=1S/C16H22N2OS/c1-11(2)7-14-15(10-17)20-16(18-14)9-12-5-4-6-13(8-12)19-3/h4-6,8,11H,7,9-10,17H2,1-3H3. The van der Waals surface area contributed by atoms with Crippen molar-refractivity contribution in [3.8, 4) is 5.75 Å². The van der Waals surface area contributed by atoms with E-state index in [0.717, 1.165) is 23.6 Å². The molecule has 0 radical (unpaired) electrons. The molecule has 0 spiro atoms. The molecule has 108 valence electrons. The molecule has 1 heterocycles. The van der Waals surface area contributed by atoms with E-state index in [4.69, 9.17) is 15.5 Å². The van der Waals surface area contributed by atoms with Crippen LogP contribution in [0.15, 0.2) is 24.3 Å². The Morgan fingerprint density at radius 3 is 2.80 bits per heavy atom. The Hall–Kier alpha value is -1.39. The molecule has 2 rings (SSSR count). The van der Waals surface area contributed by atoms with E-state index in [1.807, 2.05) is 12.1 Å². The Labute approximate surface area is 124 Å². The molecule has 0 aliphatic carbocycles. The van der Waals surface area contributed by atoms with E-state index in [1.54, 1.807) is 18.4 Å². The fraction of sp³-hybridized carbons (Fsp3) is 0.438. The van der Waals surface area contributed by atoms with E-state index in [0.29, 0.717) is 12.5 Å². The normalized spacial score (nSPS) is 11.1. The first-order chi connectivity index (χ1) is 9.62. The fourth-order valence-corrected chi connectivity index (χ4v) is 3.18. The summed E-state index contributed by atoms with van der Waals surface area (Å²) >= 11 is 1.73. The minimum absolute atomic E-state index is 0.581. The van der Waals surface area contributed by atoms with Crippen LogP contribution in [0.25, 0.3) is 0 Å². The van der Waals surface area contributed by atoms with Crippen molar-refractivity contribution in [3.05, 3.63) is 45.4 Å². The summed E-state index contributed by atoms with van der Waals surface area (Å²) in [5.41, 5.74) is 8.22. The molecule has 2 aromatic rings. The Morgan fingerprint density at radius 2 is 2.15 bits per heavy atom. The molecule has 0 bridgehead atoms. The Kier molecular flexibility index (Phi) is 5.15. The molecule has 0 saturated carbocycles. The van der Waals surface area contributed by atoms with Gasteiger partial charge >= 0.3 is 0 Å². The summed E-state index contributed by atoms with van der Waals surface area (Å²) in [7, 11) is 1.69. The number of hydrogen-bond donors (Lipinski definition) is 1. The summed E-state index contributed by atoms with van der Waals surface area (Å²) in [5.74, 6) is 1.49. The van der Waals surface area contributed by atoms with Crippen molar-refractivity contribution < 1.29 is 4.74 Å². The molecule has 1 aromatic carbocycles. The third-order valence-corrected chi connectivity index (χ3v) is 4.22. The molecule has 0 fully saturated rings. The molecule has 0 unspecified atom stereocenters. The van der Waals surface area contributed by atoms with E-state index < -0.39 is 0 Å². The predicted octanol–water partition coefficient (Wildman–Crippen LogP) is 3.40. The second-order valence-electron chi connectivity index (χ2n) is 5.31. The van der Waals surface area contributed by atoms with E-state index in [2.05, 4.69) is 26.0 Å². The molecule has 0 aliphatic rings. The summed E-state index contributed by atoms with van der Waals surface area (Å²) < 4.78 is 5.26. The second kappa shape index (κ2) is 6.86. The number of hydrogen-bond acceptors (Lipinski definition) is 4. The molecule has 20 heavy (non-hydrogen) atoms. The number of methoxy groups -OCH3 is 1. The van der Waals surface area contributed by atoms with Gasteiger partial charge in [0.1, 0.15) is 5.75 Å². The van der Waals surface area contributed by atoms with Gasteiger partial charge in [-0.3, -0.25) is 0 Å². The van der Waals surface area contributed by atoms with Gasteiger partial charge in [0.05, 0.1) is 17.8 Å². The lowest BCUT2D eigenvalue weighted by atomic mass is 10.1. The summed E-state index contributed by atoms with van der Waals surface area (Å²) in [6, 6.07) is 8.14. The van der Waals surface area contributed by atoms with Gasteiger partial charge in [0.2, 0.25) is 0 Å². The highest BCUT2D eigenvalue weighted by Crippen LogP contribution is 2.24. The third-order valence-electron chi connectivity index (χ3n) is 3.10. The molecule has 1 aromatic heterocycles. The lowest BCUT2D eigenvalue weighted by Gasteiger charge is -2.03. The van der Waals surface area contributed by atoms with Crippen LogP contribution < -0.4 is 10.5 Å². The minimum atomic E-state index is 0.581. The molecule has 4 heteroatoms.